The molecule has 2 heterocycles. The van der Waals surface area contributed by atoms with Gasteiger partial charge in [-0.2, -0.15) is 0 Å². The lowest BCUT2D eigenvalue weighted by Crippen LogP contribution is -2.15. The minimum atomic E-state index is 0.0962. The van der Waals surface area contributed by atoms with Crippen molar-refractivity contribution in [2.75, 3.05) is 13.2 Å². The standard InChI is InChI=1S/C13H12BrClN2O2/c1-7-16-11-5-10(14)12(4-9(11)13(15)17-7)19-8-2-3-18-6-8/h4-5,8H,2-3,6H2,1H3. The van der Waals surface area contributed by atoms with E-state index in [-0.39, 0.29) is 6.10 Å². The summed E-state index contributed by atoms with van der Waals surface area (Å²) >= 11 is 9.66. The third-order valence-corrected chi connectivity index (χ3v) is 3.90. The average molecular weight is 344 g/mol. The summed E-state index contributed by atoms with van der Waals surface area (Å²) in [5, 5.41) is 1.24. The van der Waals surface area contributed by atoms with Gasteiger partial charge in [0.1, 0.15) is 22.8 Å². The van der Waals surface area contributed by atoms with Gasteiger partial charge in [0.2, 0.25) is 0 Å². The van der Waals surface area contributed by atoms with Crippen molar-refractivity contribution in [1.29, 1.82) is 0 Å². The van der Waals surface area contributed by atoms with Crippen LogP contribution in [-0.2, 0) is 4.74 Å². The quantitative estimate of drug-likeness (QED) is 0.783. The van der Waals surface area contributed by atoms with Gasteiger partial charge in [0, 0.05) is 11.8 Å². The van der Waals surface area contributed by atoms with E-state index in [1.165, 1.54) is 0 Å². The summed E-state index contributed by atoms with van der Waals surface area (Å²) < 4.78 is 12.1. The summed E-state index contributed by atoms with van der Waals surface area (Å²) in [6, 6.07) is 3.78. The lowest BCUT2D eigenvalue weighted by molar-refractivity contribution is 0.141. The number of halogens is 2. The molecule has 0 amide bonds. The first kappa shape index (κ1) is 13.1. The summed E-state index contributed by atoms with van der Waals surface area (Å²) in [5.41, 5.74) is 0.805. The average Bonchev–Trinajstić information content (AvgIpc) is 2.83. The fraction of sp³-hybridized carbons (Fsp3) is 0.385. The van der Waals surface area contributed by atoms with Crippen molar-refractivity contribution in [2.24, 2.45) is 0 Å². The first-order valence-corrected chi connectivity index (χ1v) is 7.18. The number of aryl methyl sites for hydroxylation is 1. The second-order valence-electron chi connectivity index (χ2n) is 4.46. The number of hydrogen-bond donors (Lipinski definition) is 0. The van der Waals surface area contributed by atoms with Gasteiger partial charge in [-0.25, -0.2) is 9.97 Å². The summed E-state index contributed by atoms with van der Waals surface area (Å²) in [7, 11) is 0. The minimum absolute atomic E-state index is 0.0962. The molecule has 1 fully saturated rings. The van der Waals surface area contributed by atoms with Gasteiger partial charge in [-0.05, 0) is 35.0 Å². The smallest absolute Gasteiger partial charge is 0.140 e. The molecule has 2 aromatic rings. The fourth-order valence-electron chi connectivity index (χ4n) is 2.08. The third kappa shape index (κ3) is 2.68. The zero-order valence-electron chi connectivity index (χ0n) is 10.3. The van der Waals surface area contributed by atoms with Gasteiger partial charge in [-0.1, -0.05) is 11.6 Å². The number of aromatic nitrogens is 2. The van der Waals surface area contributed by atoms with E-state index in [1.54, 1.807) is 0 Å². The van der Waals surface area contributed by atoms with Crippen molar-refractivity contribution in [3.63, 3.8) is 0 Å². The van der Waals surface area contributed by atoms with Crippen molar-refractivity contribution < 1.29 is 9.47 Å². The maximum Gasteiger partial charge on any atom is 0.140 e. The summed E-state index contributed by atoms with van der Waals surface area (Å²) in [6.45, 7) is 3.20. The molecule has 1 aliphatic rings. The molecule has 0 spiro atoms. The Labute approximate surface area is 124 Å². The van der Waals surface area contributed by atoms with Crippen LogP contribution in [0, 0.1) is 6.92 Å². The van der Waals surface area contributed by atoms with Crippen LogP contribution in [0.4, 0.5) is 0 Å². The van der Waals surface area contributed by atoms with Crippen molar-refractivity contribution in [3.8, 4) is 5.75 Å². The van der Waals surface area contributed by atoms with E-state index < -0.39 is 0 Å². The van der Waals surface area contributed by atoms with Crippen molar-refractivity contribution in [3.05, 3.63) is 27.6 Å². The Hall–Kier alpha value is -0.910. The second kappa shape index (κ2) is 5.23. The Morgan fingerprint density at radius 1 is 1.42 bits per heavy atom. The van der Waals surface area contributed by atoms with Crippen LogP contribution in [0.1, 0.15) is 12.2 Å². The highest BCUT2D eigenvalue weighted by atomic mass is 79.9. The van der Waals surface area contributed by atoms with Crippen LogP contribution in [0.3, 0.4) is 0 Å². The van der Waals surface area contributed by atoms with Crippen LogP contribution in [0.15, 0.2) is 16.6 Å². The van der Waals surface area contributed by atoms with E-state index in [1.807, 2.05) is 19.1 Å². The van der Waals surface area contributed by atoms with Gasteiger partial charge in [0.15, 0.2) is 0 Å². The third-order valence-electron chi connectivity index (χ3n) is 3.00. The van der Waals surface area contributed by atoms with E-state index in [2.05, 4.69) is 25.9 Å². The Kier molecular flexibility index (Phi) is 3.60. The number of benzene rings is 1. The van der Waals surface area contributed by atoms with Crippen LogP contribution >= 0.6 is 27.5 Å². The second-order valence-corrected chi connectivity index (χ2v) is 5.68. The van der Waals surface area contributed by atoms with Gasteiger partial charge in [-0.3, -0.25) is 0 Å². The molecular formula is C13H12BrClN2O2. The number of rotatable bonds is 2. The predicted octanol–water partition coefficient (Wildman–Crippen LogP) is 3.52. The zero-order valence-corrected chi connectivity index (χ0v) is 12.7. The Balaban J connectivity index is 2.02. The van der Waals surface area contributed by atoms with Gasteiger partial charge in [-0.15, -0.1) is 0 Å². The molecule has 1 atom stereocenters. The van der Waals surface area contributed by atoms with Crippen molar-refractivity contribution in [1.82, 2.24) is 9.97 Å². The molecule has 0 aliphatic carbocycles. The van der Waals surface area contributed by atoms with E-state index in [0.717, 1.165) is 34.2 Å². The highest BCUT2D eigenvalue weighted by molar-refractivity contribution is 9.10. The van der Waals surface area contributed by atoms with Crippen molar-refractivity contribution in [2.45, 2.75) is 19.4 Å². The molecule has 1 saturated heterocycles. The summed E-state index contributed by atoms with van der Waals surface area (Å²) in [4.78, 5) is 8.53. The molecule has 0 radical (unpaired) electrons. The highest BCUT2D eigenvalue weighted by Crippen LogP contribution is 2.33. The minimum Gasteiger partial charge on any atom is -0.487 e. The molecule has 0 saturated carbocycles. The van der Waals surface area contributed by atoms with Crippen LogP contribution in [0.5, 0.6) is 5.75 Å². The number of fused-ring (bicyclic) bond motifs is 1. The van der Waals surface area contributed by atoms with E-state index >= 15 is 0 Å². The van der Waals surface area contributed by atoms with Gasteiger partial charge < -0.3 is 9.47 Å². The molecule has 1 aromatic heterocycles. The molecule has 19 heavy (non-hydrogen) atoms. The maximum absolute atomic E-state index is 6.16. The normalized spacial score (nSPS) is 19.0. The van der Waals surface area contributed by atoms with Gasteiger partial charge in [0.25, 0.3) is 0 Å². The topological polar surface area (TPSA) is 44.2 Å². The molecule has 4 nitrogen and oxygen atoms in total. The maximum atomic E-state index is 6.16. The van der Waals surface area contributed by atoms with E-state index in [4.69, 9.17) is 21.1 Å². The SMILES string of the molecule is Cc1nc(Cl)c2cc(OC3CCOC3)c(Br)cc2n1. The lowest BCUT2D eigenvalue weighted by Gasteiger charge is -2.14. The number of hydrogen-bond acceptors (Lipinski definition) is 4. The molecule has 1 aliphatic heterocycles. The largest absolute Gasteiger partial charge is 0.487 e. The Morgan fingerprint density at radius 3 is 3.00 bits per heavy atom. The Morgan fingerprint density at radius 2 is 2.26 bits per heavy atom. The van der Waals surface area contributed by atoms with E-state index in [9.17, 15) is 0 Å². The first-order valence-electron chi connectivity index (χ1n) is 6.01. The van der Waals surface area contributed by atoms with Crippen LogP contribution in [0.2, 0.25) is 5.15 Å². The molecule has 0 N–H and O–H groups in total. The lowest BCUT2D eigenvalue weighted by atomic mass is 10.2. The summed E-state index contributed by atoms with van der Waals surface area (Å²) in [6.07, 6.45) is 1.00. The van der Waals surface area contributed by atoms with Crippen LogP contribution < -0.4 is 4.74 Å². The molecule has 6 heteroatoms. The predicted molar refractivity (Wildman–Crippen MR) is 76.8 cm³/mol. The molecule has 3 rings (SSSR count). The molecule has 1 unspecified atom stereocenters. The Bertz CT molecular complexity index is 630. The first-order chi connectivity index (χ1) is 9.13. The van der Waals surface area contributed by atoms with Gasteiger partial charge >= 0.3 is 0 Å². The van der Waals surface area contributed by atoms with Crippen molar-refractivity contribution >= 4 is 38.4 Å². The molecule has 0 bridgehead atoms. The van der Waals surface area contributed by atoms with Crippen LogP contribution in [0.25, 0.3) is 10.9 Å². The summed E-state index contributed by atoms with van der Waals surface area (Å²) in [5.74, 6) is 1.40. The van der Waals surface area contributed by atoms with Crippen LogP contribution in [-0.4, -0.2) is 29.3 Å². The zero-order chi connectivity index (χ0) is 13.4. The number of nitrogens with zero attached hydrogens (tertiary/aromatic N) is 2. The van der Waals surface area contributed by atoms with E-state index in [0.29, 0.717) is 17.6 Å². The highest BCUT2D eigenvalue weighted by Gasteiger charge is 2.19. The number of ether oxygens (including phenoxy) is 2. The molecule has 1 aromatic carbocycles. The molecule has 100 valence electrons. The fourth-order valence-corrected chi connectivity index (χ4v) is 2.78. The van der Waals surface area contributed by atoms with Gasteiger partial charge in [0.05, 0.1) is 23.2 Å². The monoisotopic (exact) mass is 342 g/mol. The molecular weight excluding hydrogens is 332 g/mol.